The summed E-state index contributed by atoms with van der Waals surface area (Å²) in [5.74, 6) is -0.479. The van der Waals surface area contributed by atoms with Gasteiger partial charge in [-0.25, -0.2) is 4.57 Å². The Labute approximate surface area is 408 Å². The number of ether oxygens (including phenoxy) is 2. The number of hydrogen-bond acceptors (Lipinski definition) is 11. The lowest BCUT2D eigenvalue weighted by Crippen LogP contribution is -2.64. The molecule has 0 heterocycles. The molecular formula is C54H101O12P. The third-order valence-corrected chi connectivity index (χ3v) is 13.7. The van der Waals surface area contributed by atoms with Crippen molar-refractivity contribution in [3.05, 3.63) is 36.5 Å². The molecule has 6 atom stereocenters. The van der Waals surface area contributed by atoms with Crippen LogP contribution in [0.2, 0.25) is 0 Å². The first kappa shape index (κ1) is 63.6. The Balaban J connectivity index is 2.31. The van der Waals surface area contributed by atoms with Crippen molar-refractivity contribution in [2.24, 2.45) is 0 Å². The van der Waals surface area contributed by atoms with Crippen LogP contribution in [0.25, 0.3) is 0 Å². The second kappa shape index (κ2) is 44.5. The fourth-order valence-electron chi connectivity index (χ4n) is 8.38. The van der Waals surface area contributed by atoms with E-state index in [0.717, 1.165) is 57.8 Å². The minimum Gasteiger partial charge on any atom is -0.457 e. The Kier molecular flexibility index (Phi) is 42.2. The summed E-state index contributed by atoms with van der Waals surface area (Å²) in [4.78, 5) is 23.3. The first-order valence-electron chi connectivity index (χ1n) is 27.3. The van der Waals surface area contributed by atoms with Gasteiger partial charge in [-0.1, -0.05) is 198 Å². The summed E-state index contributed by atoms with van der Waals surface area (Å²) in [7, 11) is -5.03. The van der Waals surface area contributed by atoms with Crippen LogP contribution in [0, 0.1) is 0 Å². The van der Waals surface area contributed by atoms with E-state index in [-0.39, 0.29) is 13.0 Å². The predicted octanol–water partition coefficient (Wildman–Crippen LogP) is 12.6. The topological polar surface area (TPSA) is 192 Å². The van der Waals surface area contributed by atoms with Gasteiger partial charge >= 0.3 is 13.8 Å². The number of allylic oxidation sites excluding steroid dienone is 6. The van der Waals surface area contributed by atoms with Gasteiger partial charge in [-0.2, -0.15) is 0 Å². The quantitative estimate of drug-likeness (QED) is 0.0147. The number of aliphatic hydroxyl groups excluding tert-OH is 5. The first-order valence-corrected chi connectivity index (χ1v) is 28.8. The van der Waals surface area contributed by atoms with E-state index in [2.05, 4.69) is 50.3 Å². The van der Waals surface area contributed by atoms with Crippen molar-refractivity contribution in [3.63, 3.8) is 0 Å². The fraction of sp³-hybridized carbons (Fsp3) is 0.870. The molecule has 0 aromatic rings. The van der Waals surface area contributed by atoms with Gasteiger partial charge in [0.05, 0.1) is 13.2 Å². The molecule has 0 saturated heterocycles. The van der Waals surface area contributed by atoms with Gasteiger partial charge in [0.2, 0.25) is 0 Å². The lowest BCUT2D eigenvalue weighted by molar-refractivity contribution is -0.220. The zero-order chi connectivity index (χ0) is 49.1. The third kappa shape index (κ3) is 36.2. The van der Waals surface area contributed by atoms with Gasteiger partial charge in [0.25, 0.3) is 0 Å². The van der Waals surface area contributed by atoms with Gasteiger partial charge in [0.1, 0.15) is 42.7 Å². The Morgan fingerprint density at radius 3 is 1.27 bits per heavy atom. The molecule has 0 aromatic carbocycles. The summed E-state index contributed by atoms with van der Waals surface area (Å²) in [6, 6.07) is 0. The Bertz CT molecular complexity index is 1250. The molecule has 1 fully saturated rings. The molecule has 13 heteroatoms. The summed E-state index contributed by atoms with van der Waals surface area (Å²) in [6.45, 7) is 4.27. The number of aliphatic hydroxyl groups is 5. The molecule has 0 bridgehead atoms. The van der Waals surface area contributed by atoms with Crippen LogP contribution < -0.4 is 0 Å². The minimum atomic E-state index is -5.03. The average Bonchev–Trinajstić information content (AvgIpc) is 3.31. The predicted molar refractivity (Wildman–Crippen MR) is 272 cm³/mol. The second-order valence-corrected chi connectivity index (χ2v) is 20.5. The lowest BCUT2D eigenvalue weighted by Gasteiger charge is -2.41. The molecule has 1 aliphatic carbocycles. The van der Waals surface area contributed by atoms with Crippen LogP contribution in [0.1, 0.15) is 239 Å². The number of hydrogen-bond donors (Lipinski definition) is 6. The normalized spacial score (nSPS) is 21.5. The summed E-state index contributed by atoms with van der Waals surface area (Å²) >= 11 is 0. The molecule has 6 unspecified atom stereocenters. The molecule has 1 rings (SSSR count). The van der Waals surface area contributed by atoms with E-state index >= 15 is 0 Å². The highest BCUT2D eigenvalue weighted by Gasteiger charge is 2.51. The van der Waals surface area contributed by atoms with Crippen molar-refractivity contribution in [2.75, 3.05) is 19.8 Å². The van der Waals surface area contributed by atoms with Gasteiger partial charge in [-0.05, 0) is 70.6 Å². The van der Waals surface area contributed by atoms with Crippen LogP contribution in [0.15, 0.2) is 36.5 Å². The average molecular weight is 973 g/mol. The first-order chi connectivity index (χ1) is 32.5. The molecular weight excluding hydrogens is 872 g/mol. The Morgan fingerprint density at radius 2 is 0.836 bits per heavy atom. The molecule has 67 heavy (non-hydrogen) atoms. The number of esters is 1. The van der Waals surface area contributed by atoms with Gasteiger partial charge in [-0.15, -0.1) is 0 Å². The summed E-state index contributed by atoms with van der Waals surface area (Å²) in [5, 5.41) is 50.4. The summed E-state index contributed by atoms with van der Waals surface area (Å²) in [5.41, 5.74) is 0. The number of carbonyl (C=O) groups excluding carboxylic acids is 1. The minimum absolute atomic E-state index is 0.0799. The van der Waals surface area contributed by atoms with Crippen molar-refractivity contribution in [1.29, 1.82) is 0 Å². The highest BCUT2D eigenvalue weighted by Crippen LogP contribution is 2.47. The van der Waals surface area contributed by atoms with E-state index in [1.54, 1.807) is 0 Å². The van der Waals surface area contributed by atoms with Crippen molar-refractivity contribution >= 4 is 13.8 Å². The van der Waals surface area contributed by atoms with Crippen molar-refractivity contribution in [2.45, 2.75) is 281 Å². The zero-order valence-corrected chi connectivity index (χ0v) is 43.4. The number of phosphoric acid groups is 1. The number of carbonyl (C=O) groups is 1. The lowest BCUT2D eigenvalue weighted by atomic mass is 9.85. The van der Waals surface area contributed by atoms with Crippen LogP contribution >= 0.6 is 7.82 Å². The maximum Gasteiger partial charge on any atom is 0.472 e. The zero-order valence-electron chi connectivity index (χ0n) is 42.5. The summed E-state index contributed by atoms with van der Waals surface area (Å²) < 4.78 is 34.3. The van der Waals surface area contributed by atoms with Crippen LogP contribution in [-0.4, -0.2) is 98.9 Å². The molecule has 0 aliphatic heterocycles. The van der Waals surface area contributed by atoms with Crippen LogP contribution in [0.3, 0.4) is 0 Å². The molecule has 0 radical (unpaired) electrons. The number of unbranched alkanes of at least 4 members (excludes halogenated alkanes) is 29. The van der Waals surface area contributed by atoms with Crippen molar-refractivity contribution in [3.8, 4) is 0 Å². The number of rotatable bonds is 47. The highest BCUT2D eigenvalue weighted by atomic mass is 31.2. The van der Waals surface area contributed by atoms with E-state index in [9.17, 15) is 39.8 Å². The van der Waals surface area contributed by atoms with Crippen molar-refractivity contribution < 1.29 is 58.3 Å². The van der Waals surface area contributed by atoms with Crippen LogP contribution in [0.4, 0.5) is 0 Å². The van der Waals surface area contributed by atoms with E-state index in [1.807, 2.05) is 0 Å². The summed E-state index contributed by atoms with van der Waals surface area (Å²) in [6.07, 6.45) is 42.1. The molecule has 1 saturated carbocycles. The van der Waals surface area contributed by atoms with Crippen LogP contribution in [-0.2, 0) is 27.9 Å². The van der Waals surface area contributed by atoms with E-state index < -0.39 is 63.1 Å². The Morgan fingerprint density at radius 1 is 0.478 bits per heavy atom. The molecule has 6 N–H and O–H groups in total. The molecule has 0 spiro atoms. The van der Waals surface area contributed by atoms with Crippen LogP contribution in [0.5, 0.6) is 0 Å². The maximum absolute atomic E-state index is 12.9. The second-order valence-electron chi connectivity index (χ2n) is 19.1. The Hall–Kier alpha value is -1.44. The van der Waals surface area contributed by atoms with Crippen molar-refractivity contribution in [1.82, 2.24) is 0 Å². The SMILES string of the molecule is CCCCCCC/C=C\C/C=C\CCCCCCCCCCCCCC(=O)OC(COCCCCCCCC/C=C\CCCCCCCCC)COP(=O)(O)OC1C(O)C(O)C(O)C(O)C1O. The molecule has 0 aromatic heterocycles. The van der Waals surface area contributed by atoms with Gasteiger partial charge < -0.3 is 39.9 Å². The fourth-order valence-corrected chi connectivity index (χ4v) is 9.35. The standard InChI is InChI=1S/C54H101O12P/c1-3-5-7-9-11-13-15-17-19-21-22-23-24-25-26-27-29-31-33-35-37-39-41-43-48(55)65-47(46-64-67(61,62)66-54-52(59)50(57)49(56)51(58)53(54)60)45-63-44-42-40-38-36-34-32-30-28-20-18-16-14-12-10-8-6-4-2/h15,17,20-22,28,47,49-54,56-60H,3-14,16,18-19,23-27,29-46H2,1-2H3,(H,61,62)/b17-15-,22-21-,28-20-. The smallest absolute Gasteiger partial charge is 0.457 e. The van der Waals surface area contributed by atoms with Gasteiger partial charge in [0, 0.05) is 13.0 Å². The molecule has 394 valence electrons. The highest BCUT2D eigenvalue weighted by molar-refractivity contribution is 7.47. The van der Waals surface area contributed by atoms with Gasteiger partial charge in [-0.3, -0.25) is 13.8 Å². The maximum atomic E-state index is 12.9. The largest absolute Gasteiger partial charge is 0.472 e. The number of phosphoric ester groups is 1. The van der Waals surface area contributed by atoms with E-state index in [1.165, 1.54) is 154 Å². The third-order valence-electron chi connectivity index (χ3n) is 12.7. The molecule has 1 aliphatic rings. The molecule has 12 nitrogen and oxygen atoms in total. The van der Waals surface area contributed by atoms with Gasteiger partial charge in [0.15, 0.2) is 0 Å². The monoisotopic (exact) mass is 973 g/mol. The van der Waals surface area contributed by atoms with E-state index in [0.29, 0.717) is 13.0 Å². The van der Waals surface area contributed by atoms with E-state index in [4.69, 9.17) is 18.5 Å². The molecule has 0 amide bonds.